The fourth-order valence-electron chi connectivity index (χ4n) is 1.91. The molecule has 1 fully saturated rings. The minimum absolute atomic E-state index is 0.0877. The largest absolute Gasteiger partial charge is 0.378 e. The maximum atomic E-state index is 11.9. The SMILES string of the molecule is CCOC(c1nc(COC)c(I)c(=O)[nH]1)C1CC1. The zero-order valence-corrected chi connectivity index (χ0v) is 12.7. The van der Waals surface area contributed by atoms with Crippen LogP contribution in [-0.2, 0) is 16.1 Å². The van der Waals surface area contributed by atoms with Crippen LogP contribution in [-0.4, -0.2) is 23.7 Å². The second-order valence-corrected chi connectivity index (χ2v) is 5.44. The van der Waals surface area contributed by atoms with E-state index in [1.807, 2.05) is 29.5 Å². The summed E-state index contributed by atoms with van der Waals surface area (Å²) in [4.78, 5) is 19.2. The molecule has 0 aliphatic heterocycles. The van der Waals surface area contributed by atoms with E-state index in [0.717, 1.165) is 12.8 Å². The molecule has 1 N–H and O–H groups in total. The maximum Gasteiger partial charge on any atom is 0.264 e. The van der Waals surface area contributed by atoms with Gasteiger partial charge in [-0.05, 0) is 48.3 Å². The zero-order valence-electron chi connectivity index (χ0n) is 10.5. The molecule has 2 rings (SSSR count). The number of H-pyrrole nitrogens is 1. The average Bonchev–Trinajstić information content (AvgIpc) is 3.16. The van der Waals surface area contributed by atoms with E-state index in [-0.39, 0.29) is 11.7 Å². The Labute approximate surface area is 119 Å². The van der Waals surface area contributed by atoms with Crippen LogP contribution >= 0.6 is 22.6 Å². The molecule has 1 aromatic heterocycles. The molecule has 5 nitrogen and oxygen atoms in total. The van der Waals surface area contributed by atoms with Crippen LogP contribution in [0, 0.1) is 9.49 Å². The second-order valence-electron chi connectivity index (χ2n) is 4.36. The van der Waals surface area contributed by atoms with Crippen molar-refractivity contribution in [3.05, 3.63) is 25.4 Å². The average molecular weight is 364 g/mol. The van der Waals surface area contributed by atoms with Crippen molar-refractivity contribution >= 4 is 22.6 Å². The summed E-state index contributed by atoms with van der Waals surface area (Å²) in [5.41, 5.74) is 0.570. The Morgan fingerprint density at radius 2 is 2.28 bits per heavy atom. The highest BCUT2D eigenvalue weighted by Crippen LogP contribution is 2.42. The monoisotopic (exact) mass is 364 g/mol. The minimum atomic E-state index is -0.113. The number of methoxy groups -OCH3 is 1. The van der Waals surface area contributed by atoms with Crippen LogP contribution in [0.1, 0.15) is 37.4 Å². The van der Waals surface area contributed by atoms with Crippen molar-refractivity contribution in [1.82, 2.24) is 9.97 Å². The van der Waals surface area contributed by atoms with E-state index in [4.69, 9.17) is 9.47 Å². The van der Waals surface area contributed by atoms with Crippen LogP contribution < -0.4 is 5.56 Å². The van der Waals surface area contributed by atoms with Gasteiger partial charge in [-0.15, -0.1) is 0 Å². The Morgan fingerprint density at radius 3 is 2.83 bits per heavy atom. The number of nitrogens with zero attached hydrogens (tertiary/aromatic N) is 1. The Kier molecular flexibility index (Phi) is 4.74. The fraction of sp³-hybridized carbons (Fsp3) is 0.667. The molecule has 1 aromatic rings. The molecule has 0 spiro atoms. The molecule has 1 aliphatic carbocycles. The van der Waals surface area contributed by atoms with E-state index in [2.05, 4.69) is 9.97 Å². The van der Waals surface area contributed by atoms with Gasteiger partial charge in [0.05, 0.1) is 12.3 Å². The molecule has 1 saturated carbocycles. The molecule has 1 aliphatic rings. The molecule has 0 aromatic carbocycles. The summed E-state index contributed by atoms with van der Waals surface area (Å²) < 4.78 is 11.4. The van der Waals surface area contributed by atoms with E-state index in [1.165, 1.54) is 0 Å². The highest BCUT2D eigenvalue weighted by Gasteiger charge is 2.35. The first-order chi connectivity index (χ1) is 8.67. The minimum Gasteiger partial charge on any atom is -0.378 e. The quantitative estimate of drug-likeness (QED) is 0.785. The molecule has 0 saturated heterocycles. The summed E-state index contributed by atoms with van der Waals surface area (Å²) in [5, 5.41) is 0. The van der Waals surface area contributed by atoms with Crippen LogP contribution in [0.25, 0.3) is 0 Å². The van der Waals surface area contributed by atoms with Crippen molar-refractivity contribution in [2.75, 3.05) is 13.7 Å². The van der Waals surface area contributed by atoms with Gasteiger partial charge in [-0.1, -0.05) is 0 Å². The second kappa shape index (κ2) is 6.12. The third kappa shape index (κ3) is 3.10. The molecule has 0 radical (unpaired) electrons. The number of aromatic nitrogens is 2. The summed E-state index contributed by atoms with van der Waals surface area (Å²) in [5.74, 6) is 1.13. The molecule has 18 heavy (non-hydrogen) atoms. The third-order valence-corrected chi connectivity index (χ3v) is 4.01. The lowest BCUT2D eigenvalue weighted by atomic mass is 10.2. The number of rotatable bonds is 6. The smallest absolute Gasteiger partial charge is 0.264 e. The first-order valence-corrected chi connectivity index (χ1v) is 7.14. The number of aromatic amines is 1. The van der Waals surface area contributed by atoms with Crippen molar-refractivity contribution in [2.45, 2.75) is 32.5 Å². The molecular formula is C12H17IN2O3. The van der Waals surface area contributed by atoms with E-state index in [0.29, 0.717) is 34.2 Å². The van der Waals surface area contributed by atoms with Crippen molar-refractivity contribution in [2.24, 2.45) is 5.92 Å². The topological polar surface area (TPSA) is 64.2 Å². The summed E-state index contributed by atoms with van der Waals surface area (Å²) in [6.07, 6.45) is 2.19. The van der Waals surface area contributed by atoms with Gasteiger partial charge in [0.1, 0.15) is 15.5 Å². The Hall–Kier alpha value is -0.470. The lowest BCUT2D eigenvalue weighted by Crippen LogP contribution is -2.22. The number of halogens is 1. The van der Waals surface area contributed by atoms with Crippen molar-refractivity contribution in [3.8, 4) is 0 Å². The molecule has 0 amide bonds. The first kappa shape index (κ1) is 14.0. The Morgan fingerprint density at radius 1 is 1.56 bits per heavy atom. The maximum absolute atomic E-state index is 11.9. The van der Waals surface area contributed by atoms with Gasteiger partial charge >= 0.3 is 0 Å². The molecule has 100 valence electrons. The summed E-state index contributed by atoms with van der Waals surface area (Å²) in [7, 11) is 1.60. The van der Waals surface area contributed by atoms with Crippen LogP contribution in [0.2, 0.25) is 0 Å². The highest BCUT2D eigenvalue weighted by atomic mass is 127. The van der Waals surface area contributed by atoms with Crippen LogP contribution in [0.4, 0.5) is 0 Å². The fourth-order valence-corrected chi connectivity index (χ4v) is 2.32. The molecule has 1 heterocycles. The van der Waals surface area contributed by atoms with Crippen molar-refractivity contribution in [3.63, 3.8) is 0 Å². The zero-order chi connectivity index (χ0) is 13.1. The standard InChI is InChI=1S/C12H17IN2O3/c1-3-18-10(7-4-5-7)11-14-8(6-17-2)9(13)12(16)15-11/h7,10H,3-6H2,1-2H3,(H,14,15,16). The third-order valence-electron chi connectivity index (χ3n) is 2.90. The number of ether oxygens (including phenoxy) is 2. The van der Waals surface area contributed by atoms with Gasteiger partial charge in [-0.3, -0.25) is 4.79 Å². The predicted molar refractivity (Wildman–Crippen MR) is 75.4 cm³/mol. The van der Waals surface area contributed by atoms with Crippen molar-refractivity contribution < 1.29 is 9.47 Å². The summed E-state index contributed by atoms with van der Waals surface area (Å²) >= 11 is 2.00. The molecule has 1 atom stereocenters. The summed E-state index contributed by atoms with van der Waals surface area (Å²) in [6.45, 7) is 2.92. The van der Waals surface area contributed by atoms with Crippen LogP contribution in [0.15, 0.2) is 4.79 Å². The van der Waals surface area contributed by atoms with Gasteiger partial charge in [0.25, 0.3) is 5.56 Å². The van der Waals surface area contributed by atoms with E-state index < -0.39 is 0 Å². The van der Waals surface area contributed by atoms with E-state index in [1.54, 1.807) is 7.11 Å². The lowest BCUT2D eigenvalue weighted by Gasteiger charge is -2.16. The summed E-state index contributed by atoms with van der Waals surface area (Å²) in [6, 6.07) is 0. The van der Waals surface area contributed by atoms with Crippen molar-refractivity contribution in [1.29, 1.82) is 0 Å². The molecule has 1 unspecified atom stereocenters. The molecular weight excluding hydrogens is 347 g/mol. The van der Waals surface area contributed by atoms with Crippen LogP contribution in [0.5, 0.6) is 0 Å². The van der Waals surface area contributed by atoms with Gasteiger partial charge in [0.2, 0.25) is 0 Å². The number of hydrogen-bond acceptors (Lipinski definition) is 4. The number of hydrogen-bond donors (Lipinski definition) is 1. The number of nitrogens with one attached hydrogen (secondary N) is 1. The van der Waals surface area contributed by atoms with E-state index in [9.17, 15) is 4.79 Å². The molecule has 0 bridgehead atoms. The lowest BCUT2D eigenvalue weighted by molar-refractivity contribution is 0.0393. The first-order valence-electron chi connectivity index (χ1n) is 6.06. The van der Waals surface area contributed by atoms with Gasteiger partial charge < -0.3 is 14.5 Å². The highest BCUT2D eigenvalue weighted by molar-refractivity contribution is 14.1. The van der Waals surface area contributed by atoms with E-state index >= 15 is 0 Å². The predicted octanol–water partition coefficient (Wildman–Crippen LogP) is 2.01. The Bertz CT molecular complexity index is 471. The van der Waals surface area contributed by atoms with Gasteiger partial charge in [-0.2, -0.15) is 0 Å². The van der Waals surface area contributed by atoms with Gasteiger partial charge in [-0.25, -0.2) is 4.98 Å². The van der Waals surface area contributed by atoms with Gasteiger partial charge in [0, 0.05) is 13.7 Å². The molecule has 6 heteroatoms. The van der Waals surface area contributed by atoms with Gasteiger partial charge in [0.15, 0.2) is 0 Å². The normalized spacial score (nSPS) is 16.8. The Balaban J connectivity index is 2.33. The van der Waals surface area contributed by atoms with Crippen LogP contribution in [0.3, 0.4) is 0 Å².